The Morgan fingerprint density at radius 2 is 1.62 bits per heavy atom. The molecule has 4 saturated heterocycles. The fraction of sp³-hybridized carbons (Fsp3) is 0.479. The predicted octanol–water partition coefficient (Wildman–Crippen LogP) is 1.86. The molecule has 0 aromatic heterocycles. The van der Waals surface area contributed by atoms with Crippen LogP contribution >= 0.6 is 11.8 Å². The molecule has 0 spiro atoms. The number of carbonyl (C=O) groups excluding carboxylic acids is 7. The van der Waals surface area contributed by atoms with Gasteiger partial charge >= 0.3 is 0 Å². The number of hydrogen-bond donors (Lipinski definition) is 4. The van der Waals surface area contributed by atoms with E-state index in [9.17, 15) is 42.0 Å². The maximum atomic E-state index is 13.6. The molecule has 0 saturated carbocycles. The van der Waals surface area contributed by atoms with Crippen molar-refractivity contribution >= 4 is 63.1 Å². The molecule has 7 amide bonds. The van der Waals surface area contributed by atoms with Crippen LogP contribution in [0.2, 0.25) is 0 Å². The summed E-state index contributed by atoms with van der Waals surface area (Å²) in [7, 11) is -3.45. The number of benzene rings is 3. The zero-order chi connectivity index (χ0) is 48.7. The van der Waals surface area contributed by atoms with Gasteiger partial charge in [0.2, 0.25) is 33.7 Å². The first-order chi connectivity index (χ1) is 33.2. The predicted molar refractivity (Wildman–Crippen MR) is 254 cm³/mol. The first kappa shape index (κ1) is 49.7. The van der Waals surface area contributed by atoms with Crippen LogP contribution in [0, 0.1) is 5.92 Å². The molecule has 5 aliphatic rings. The van der Waals surface area contributed by atoms with Gasteiger partial charge in [0.1, 0.15) is 23.3 Å². The maximum Gasteiger partial charge on any atom is 0.262 e. The summed E-state index contributed by atoms with van der Waals surface area (Å²) in [5, 5.41) is 11.4. The zero-order valence-corrected chi connectivity index (χ0v) is 40.1. The number of fused-ring (bicyclic) bond motifs is 1. The third-order valence-electron chi connectivity index (χ3n) is 13.1. The van der Waals surface area contributed by atoms with Crippen molar-refractivity contribution in [3.05, 3.63) is 101 Å². The molecule has 4 unspecified atom stereocenters. The van der Waals surface area contributed by atoms with E-state index in [1.165, 1.54) is 16.4 Å². The molecule has 368 valence electrons. The number of rotatable bonds is 19. The lowest BCUT2D eigenvalue weighted by Crippen LogP contribution is -2.54. The van der Waals surface area contributed by atoms with Gasteiger partial charge in [-0.3, -0.25) is 54.0 Å². The highest BCUT2D eigenvalue weighted by Gasteiger charge is 2.45. The standard InChI is InChI=1S/C48H58N8O11S2/c1-69(64,65)55-20-18-34(27-55)42(58)49-38(43(59)52-48-50-39(30-68-48)32-8-4-2-5-9-32)29-66-28-31-10-12-33(13-11-31)45(61)54-23-21-53(22-24-54)19-6-3-7-25-67-35-14-15-36-37(26-35)47(63)56(46(36)62)40-16-17-41(57)51-44(40)60/h2,4-5,8-15,26,34,38-40,48,50H,3,6-7,16-25,27-30H2,1H3,(H,49,58)(H,52,59)(H,51,57,60)/t34?,38-,39?,40?,48?/m0/s1. The molecule has 5 heterocycles. The molecule has 5 atom stereocenters. The molecule has 19 nitrogen and oxygen atoms in total. The molecule has 3 aromatic rings. The van der Waals surface area contributed by atoms with Crippen LogP contribution in [-0.4, -0.2) is 157 Å². The molecule has 3 aromatic carbocycles. The first-order valence-corrected chi connectivity index (χ1v) is 26.3. The Balaban J connectivity index is 0.739. The molecule has 0 bridgehead atoms. The Bertz CT molecular complexity index is 2520. The molecule has 69 heavy (non-hydrogen) atoms. The minimum atomic E-state index is -3.45. The topological polar surface area (TPSA) is 233 Å². The summed E-state index contributed by atoms with van der Waals surface area (Å²) < 4.78 is 37.3. The van der Waals surface area contributed by atoms with E-state index in [1.807, 2.05) is 47.4 Å². The molecule has 8 rings (SSSR count). The fourth-order valence-corrected chi connectivity index (χ4v) is 11.1. The summed E-state index contributed by atoms with van der Waals surface area (Å²) in [4.78, 5) is 95.5. The van der Waals surface area contributed by atoms with Crippen LogP contribution in [0.1, 0.15) is 86.8 Å². The van der Waals surface area contributed by atoms with E-state index in [0.29, 0.717) is 37.4 Å². The van der Waals surface area contributed by atoms with Gasteiger partial charge in [-0.2, -0.15) is 0 Å². The van der Waals surface area contributed by atoms with Gasteiger partial charge < -0.3 is 25.0 Å². The lowest BCUT2D eigenvalue weighted by Gasteiger charge is -2.34. The molecular formula is C48H58N8O11S2. The van der Waals surface area contributed by atoms with Gasteiger partial charge in [-0.1, -0.05) is 42.5 Å². The van der Waals surface area contributed by atoms with E-state index >= 15 is 0 Å². The molecule has 5 aliphatic heterocycles. The van der Waals surface area contributed by atoms with Crippen LogP contribution < -0.4 is 26.0 Å². The molecule has 0 radical (unpaired) electrons. The number of piperidine rings is 1. The molecule has 0 aliphatic carbocycles. The SMILES string of the molecule is CS(=O)(=O)N1CCC(C(=O)N[C@@H](COCc2ccc(C(=O)N3CCN(CCCCCOc4ccc5c(c4)C(=O)N(C4CCC(=O)NC4=O)C5=O)CC3)cc2)C(=O)NC2NC(c3ccccc3)CS2)C1. The van der Waals surface area contributed by atoms with Crippen LogP contribution in [0.25, 0.3) is 0 Å². The number of amides is 7. The van der Waals surface area contributed by atoms with Crippen molar-refractivity contribution in [1.29, 1.82) is 0 Å². The van der Waals surface area contributed by atoms with Crippen molar-refractivity contribution < 1.29 is 51.5 Å². The zero-order valence-electron chi connectivity index (χ0n) is 38.4. The van der Waals surface area contributed by atoms with Gasteiger partial charge in [0, 0.05) is 63.0 Å². The summed E-state index contributed by atoms with van der Waals surface area (Å²) in [5.74, 6) is -2.50. The highest BCUT2D eigenvalue weighted by molar-refractivity contribution is 8.00. The van der Waals surface area contributed by atoms with Gasteiger partial charge in [-0.05, 0) is 80.1 Å². The Hall–Kier alpha value is -5.71. The minimum Gasteiger partial charge on any atom is -0.494 e. The largest absolute Gasteiger partial charge is 0.494 e. The van der Waals surface area contributed by atoms with Crippen LogP contribution in [0.4, 0.5) is 0 Å². The van der Waals surface area contributed by atoms with E-state index in [0.717, 1.165) is 66.9 Å². The smallest absolute Gasteiger partial charge is 0.262 e. The van der Waals surface area contributed by atoms with Crippen molar-refractivity contribution in [2.24, 2.45) is 5.92 Å². The van der Waals surface area contributed by atoms with E-state index in [2.05, 4.69) is 26.2 Å². The van der Waals surface area contributed by atoms with Crippen molar-refractivity contribution in [2.45, 2.75) is 68.8 Å². The van der Waals surface area contributed by atoms with Gasteiger partial charge in [-0.15, -0.1) is 11.8 Å². The molecule has 4 fully saturated rings. The lowest BCUT2D eigenvalue weighted by molar-refractivity contribution is -0.136. The van der Waals surface area contributed by atoms with Gasteiger partial charge in [0.15, 0.2) is 0 Å². The third kappa shape index (κ3) is 12.4. The van der Waals surface area contributed by atoms with E-state index in [-0.39, 0.29) is 67.7 Å². The third-order valence-corrected chi connectivity index (χ3v) is 15.5. The fourth-order valence-electron chi connectivity index (χ4n) is 9.12. The Morgan fingerprint density at radius 3 is 2.35 bits per heavy atom. The second-order valence-corrected chi connectivity index (χ2v) is 21.0. The number of hydrogen-bond acceptors (Lipinski definition) is 14. The summed E-state index contributed by atoms with van der Waals surface area (Å²) in [6.07, 6.45) is 4.23. The average molecular weight is 987 g/mol. The number of unbranched alkanes of at least 4 members (excludes halogenated alkanes) is 2. The number of imide groups is 2. The number of ether oxygens (including phenoxy) is 2. The number of nitrogens with zero attached hydrogens (tertiary/aromatic N) is 4. The van der Waals surface area contributed by atoms with Gasteiger partial charge in [0.05, 0.1) is 43.1 Å². The quantitative estimate of drug-likeness (QED) is 0.0993. The van der Waals surface area contributed by atoms with Crippen molar-refractivity contribution in [3.63, 3.8) is 0 Å². The summed E-state index contributed by atoms with van der Waals surface area (Å²) in [6, 6.07) is 19.8. The summed E-state index contributed by atoms with van der Waals surface area (Å²) >= 11 is 1.55. The van der Waals surface area contributed by atoms with Crippen molar-refractivity contribution in [1.82, 2.24) is 40.3 Å². The number of nitrogens with one attached hydrogen (secondary N) is 4. The second kappa shape index (κ2) is 22.4. The van der Waals surface area contributed by atoms with Crippen LogP contribution in [0.3, 0.4) is 0 Å². The van der Waals surface area contributed by atoms with Crippen LogP contribution in [0.5, 0.6) is 5.75 Å². The Morgan fingerprint density at radius 1 is 0.870 bits per heavy atom. The number of piperazine rings is 1. The number of sulfonamides is 1. The maximum absolute atomic E-state index is 13.6. The lowest BCUT2D eigenvalue weighted by atomic mass is 10.0. The normalized spacial score (nSPS) is 22.6. The number of thioether (sulfide) groups is 1. The van der Waals surface area contributed by atoms with Gasteiger partial charge in [0.25, 0.3) is 17.7 Å². The second-order valence-electron chi connectivity index (χ2n) is 17.9. The highest BCUT2D eigenvalue weighted by Crippen LogP contribution is 2.31. The van der Waals surface area contributed by atoms with Gasteiger partial charge in [-0.25, -0.2) is 12.7 Å². The first-order valence-electron chi connectivity index (χ1n) is 23.4. The monoisotopic (exact) mass is 986 g/mol. The average Bonchev–Trinajstić information content (AvgIpc) is 4.10. The van der Waals surface area contributed by atoms with E-state index < -0.39 is 63.5 Å². The molecule has 21 heteroatoms. The Labute approximate surface area is 405 Å². The van der Waals surface area contributed by atoms with Crippen LogP contribution in [-0.2, 0) is 40.5 Å². The van der Waals surface area contributed by atoms with E-state index in [1.54, 1.807) is 30.0 Å². The van der Waals surface area contributed by atoms with Crippen molar-refractivity contribution in [3.8, 4) is 5.75 Å². The summed E-state index contributed by atoms with van der Waals surface area (Å²) in [6.45, 7) is 4.26. The Kier molecular flexibility index (Phi) is 16.1. The molecule has 4 N–H and O–H groups in total. The van der Waals surface area contributed by atoms with Crippen molar-refractivity contribution in [2.75, 3.05) is 71.0 Å². The highest BCUT2D eigenvalue weighted by atomic mass is 32.2. The van der Waals surface area contributed by atoms with Crippen LogP contribution in [0.15, 0.2) is 72.8 Å². The summed E-state index contributed by atoms with van der Waals surface area (Å²) in [5.41, 5.74) is 2.43. The van der Waals surface area contributed by atoms with E-state index in [4.69, 9.17) is 9.47 Å². The minimum absolute atomic E-state index is 0.0455. The molecular weight excluding hydrogens is 929 g/mol. The number of carbonyl (C=O) groups is 7.